The first-order valence-corrected chi connectivity index (χ1v) is 8.04. The highest BCUT2D eigenvalue weighted by Crippen LogP contribution is 2.17. The molecule has 0 spiro atoms. The minimum Gasteiger partial charge on any atom is -0.472 e. The molecule has 1 aromatic carbocycles. The summed E-state index contributed by atoms with van der Waals surface area (Å²) in [4.78, 5) is 26.3. The van der Waals surface area contributed by atoms with Gasteiger partial charge in [0.1, 0.15) is 12.3 Å². The second-order valence-electron chi connectivity index (χ2n) is 5.42. The molecule has 1 unspecified atom stereocenters. The highest BCUT2D eigenvalue weighted by molar-refractivity contribution is 6.00. The van der Waals surface area contributed by atoms with E-state index in [1.54, 1.807) is 13.0 Å². The predicted molar refractivity (Wildman–Crippen MR) is 94.3 cm³/mol. The molecule has 1 aromatic heterocycles. The number of furan rings is 1. The molecule has 1 atom stereocenters. The molecule has 6 heteroatoms. The lowest BCUT2D eigenvalue weighted by Gasteiger charge is -2.21. The van der Waals surface area contributed by atoms with Gasteiger partial charge < -0.3 is 20.0 Å². The van der Waals surface area contributed by atoms with Crippen molar-refractivity contribution in [2.24, 2.45) is 0 Å². The van der Waals surface area contributed by atoms with E-state index in [0.717, 1.165) is 18.8 Å². The van der Waals surface area contributed by atoms with E-state index in [9.17, 15) is 9.59 Å². The Hall–Kier alpha value is -2.76. The minimum atomic E-state index is -0.658. The van der Waals surface area contributed by atoms with E-state index < -0.39 is 6.04 Å². The summed E-state index contributed by atoms with van der Waals surface area (Å²) in [6.45, 7) is 7.70. The Bertz CT molecular complexity index is 661. The minimum absolute atomic E-state index is 0.276. The highest BCUT2D eigenvalue weighted by Gasteiger charge is 2.17. The molecule has 2 rings (SSSR count). The van der Waals surface area contributed by atoms with Crippen LogP contribution < -0.4 is 15.5 Å². The molecule has 0 aliphatic heterocycles. The normalized spacial score (nSPS) is 11.6. The lowest BCUT2D eigenvalue weighted by molar-refractivity contribution is -0.117. The van der Waals surface area contributed by atoms with Crippen LogP contribution in [0, 0.1) is 0 Å². The number of rotatable bonds is 7. The van der Waals surface area contributed by atoms with Gasteiger partial charge in [-0.15, -0.1) is 0 Å². The van der Waals surface area contributed by atoms with Gasteiger partial charge in [-0.3, -0.25) is 9.59 Å². The lowest BCUT2D eigenvalue weighted by Crippen LogP contribution is -2.41. The van der Waals surface area contributed by atoms with Crippen LogP contribution in [0.3, 0.4) is 0 Å². The Kier molecular flexibility index (Phi) is 6.01. The molecule has 128 valence electrons. The zero-order valence-electron chi connectivity index (χ0n) is 14.2. The summed E-state index contributed by atoms with van der Waals surface area (Å²) in [7, 11) is 0. The first-order chi connectivity index (χ1) is 11.5. The van der Waals surface area contributed by atoms with Crippen LogP contribution in [0.15, 0.2) is 47.3 Å². The van der Waals surface area contributed by atoms with Crippen LogP contribution in [-0.2, 0) is 4.79 Å². The van der Waals surface area contributed by atoms with Crippen LogP contribution in [0.4, 0.5) is 11.4 Å². The van der Waals surface area contributed by atoms with E-state index >= 15 is 0 Å². The maximum Gasteiger partial charge on any atom is 0.255 e. The van der Waals surface area contributed by atoms with Crippen molar-refractivity contribution in [3.8, 4) is 0 Å². The second-order valence-corrected chi connectivity index (χ2v) is 5.42. The van der Waals surface area contributed by atoms with Crippen LogP contribution >= 0.6 is 0 Å². The van der Waals surface area contributed by atoms with Gasteiger partial charge in [-0.2, -0.15) is 0 Å². The van der Waals surface area contributed by atoms with Crippen molar-refractivity contribution >= 4 is 23.2 Å². The molecule has 1 heterocycles. The van der Waals surface area contributed by atoms with E-state index in [4.69, 9.17) is 4.42 Å². The van der Waals surface area contributed by atoms with Crippen LogP contribution in [0.2, 0.25) is 0 Å². The lowest BCUT2D eigenvalue weighted by atomic mass is 10.2. The summed E-state index contributed by atoms with van der Waals surface area (Å²) < 4.78 is 4.86. The number of amides is 2. The molecule has 2 aromatic rings. The molecular formula is C18H23N3O3. The van der Waals surface area contributed by atoms with Gasteiger partial charge >= 0.3 is 0 Å². The number of hydrogen-bond acceptors (Lipinski definition) is 4. The molecule has 0 fully saturated rings. The van der Waals surface area contributed by atoms with Crippen molar-refractivity contribution in [3.63, 3.8) is 0 Å². The predicted octanol–water partition coefficient (Wildman–Crippen LogP) is 2.88. The molecule has 0 bridgehead atoms. The van der Waals surface area contributed by atoms with Crippen LogP contribution in [0.25, 0.3) is 0 Å². The fourth-order valence-corrected chi connectivity index (χ4v) is 2.33. The third kappa shape index (κ3) is 4.38. The maximum atomic E-state index is 12.2. The van der Waals surface area contributed by atoms with Gasteiger partial charge in [-0.05, 0) is 51.1 Å². The van der Waals surface area contributed by atoms with Crippen molar-refractivity contribution in [2.75, 3.05) is 23.3 Å². The summed E-state index contributed by atoms with van der Waals surface area (Å²) in [5, 5.41) is 5.43. The van der Waals surface area contributed by atoms with E-state index in [2.05, 4.69) is 29.4 Å². The second kappa shape index (κ2) is 8.19. The fraction of sp³-hybridized carbons (Fsp3) is 0.333. The Balaban J connectivity index is 1.92. The quantitative estimate of drug-likeness (QED) is 0.819. The van der Waals surface area contributed by atoms with E-state index in [1.165, 1.54) is 12.5 Å². The van der Waals surface area contributed by atoms with E-state index in [1.807, 2.05) is 24.3 Å². The van der Waals surface area contributed by atoms with Gasteiger partial charge in [0, 0.05) is 24.5 Å². The van der Waals surface area contributed by atoms with E-state index in [-0.39, 0.29) is 11.8 Å². The third-order valence-electron chi connectivity index (χ3n) is 3.79. The Morgan fingerprint density at radius 2 is 1.79 bits per heavy atom. The molecule has 2 amide bonds. The summed E-state index contributed by atoms with van der Waals surface area (Å²) in [6.07, 6.45) is 2.75. The molecular weight excluding hydrogens is 306 g/mol. The molecule has 0 aliphatic carbocycles. The van der Waals surface area contributed by atoms with Crippen molar-refractivity contribution in [2.45, 2.75) is 26.8 Å². The Labute approximate surface area is 141 Å². The number of benzene rings is 1. The number of nitrogens with zero attached hydrogens (tertiary/aromatic N) is 1. The average Bonchev–Trinajstić information content (AvgIpc) is 3.12. The van der Waals surface area contributed by atoms with Gasteiger partial charge in [-0.1, -0.05) is 0 Å². The van der Waals surface area contributed by atoms with Gasteiger partial charge in [0.05, 0.1) is 11.8 Å². The van der Waals surface area contributed by atoms with Crippen LogP contribution in [-0.4, -0.2) is 30.9 Å². The molecule has 24 heavy (non-hydrogen) atoms. The molecule has 2 N–H and O–H groups in total. The van der Waals surface area contributed by atoms with Crippen LogP contribution in [0.1, 0.15) is 31.1 Å². The monoisotopic (exact) mass is 329 g/mol. The molecule has 0 aliphatic rings. The SMILES string of the molecule is CCN(CC)c1ccc(NC(=O)C(C)NC(=O)c2ccoc2)cc1. The van der Waals surface area contributed by atoms with E-state index in [0.29, 0.717) is 11.3 Å². The summed E-state index contributed by atoms with van der Waals surface area (Å²) >= 11 is 0. The highest BCUT2D eigenvalue weighted by atomic mass is 16.3. The van der Waals surface area contributed by atoms with Crippen molar-refractivity contribution < 1.29 is 14.0 Å². The van der Waals surface area contributed by atoms with Gasteiger partial charge in [0.25, 0.3) is 5.91 Å². The number of carbonyl (C=O) groups is 2. The van der Waals surface area contributed by atoms with Crippen molar-refractivity contribution in [3.05, 3.63) is 48.4 Å². The summed E-state index contributed by atoms with van der Waals surface area (Å²) in [5.41, 5.74) is 2.19. The number of hydrogen-bond donors (Lipinski definition) is 2. The summed E-state index contributed by atoms with van der Waals surface area (Å²) in [6, 6.07) is 8.54. The van der Waals surface area contributed by atoms with Crippen molar-refractivity contribution in [1.82, 2.24) is 5.32 Å². The van der Waals surface area contributed by atoms with Gasteiger partial charge in [-0.25, -0.2) is 0 Å². The zero-order valence-corrected chi connectivity index (χ0v) is 14.2. The first kappa shape index (κ1) is 17.6. The fourth-order valence-electron chi connectivity index (χ4n) is 2.33. The van der Waals surface area contributed by atoms with Crippen LogP contribution in [0.5, 0.6) is 0 Å². The molecule has 0 saturated carbocycles. The number of anilines is 2. The first-order valence-electron chi connectivity index (χ1n) is 8.04. The molecule has 6 nitrogen and oxygen atoms in total. The summed E-state index contributed by atoms with van der Waals surface area (Å²) in [5.74, 6) is -0.620. The Morgan fingerprint density at radius 1 is 1.12 bits per heavy atom. The topological polar surface area (TPSA) is 74.6 Å². The Morgan fingerprint density at radius 3 is 2.33 bits per heavy atom. The van der Waals surface area contributed by atoms with Crippen molar-refractivity contribution in [1.29, 1.82) is 0 Å². The largest absolute Gasteiger partial charge is 0.472 e. The maximum absolute atomic E-state index is 12.2. The number of carbonyl (C=O) groups excluding carboxylic acids is 2. The third-order valence-corrected chi connectivity index (χ3v) is 3.79. The average molecular weight is 329 g/mol. The molecule has 0 saturated heterocycles. The standard InChI is InChI=1S/C18H23N3O3/c1-4-21(5-2)16-8-6-15(7-9-16)20-17(22)13(3)19-18(23)14-10-11-24-12-14/h6-13H,4-5H2,1-3H3,(H,19,23)(H,20,22). The smallest absolute Gasteiger partial charge is 0.255 e. The number of nitrogens with one attached hydrogen (secondary N) is 2. The zero-order chi connectivity index (χ0) is 17.5. The van der Waals surface area contributed by atoms with Gasteiger partial charge in [0.15, 0.2) is 0 Å². The molecule has 0 radical (unpaired) electrons. The van der Waals surface area contributed by atoms with Gasteiger partial charge in [0.2, 0.25) is 5.91 Å².